The molecule has 0 saturated heterocycles. The van der Waals surface area contributed by atoms with Crippen molar-refractivity contribution >= 4 is 46.4 Å². The number of hydrogen-bond donors (Lipinski definition) is 0. The second-order valence-corrected chi connectivity index (χ2v) is 6.97. The molecule has 124 valence electrons. The molecule has 0 aliphatic carbocycles. The summed E-state index contributed by atoms with van der Waals surface area (Å²) in [4.78, 5) is 4.71. The zero-order valence-electron chi connectivity index (χ0n) is 12.7. The fraction of sp³-hybridized carbons (Fsp3) is 0.0526. The Balaban J connectivity index is 2.20. The molecule has 0 aliphatic heterocycles. The van der Waals surface area contributed by atoms with Crippen molar-refractivity contribution in [2.45, 2.75) is 6.42 Å². The first-order valence-corrected chi connectivity index (χ1v) is 8.78. The molecule has 0 N–H and O–H groups in total. The van der Waals surface area contributed by atoms with E-state index in [1.807, 2.05) is 18.2 Å². The van der Waals surface area contributed by atoms with Gasteiger partial charge in [-0.15, -0.1) is 0 Å². The molecule has 0 aliphatic rings. The van der Waals surface area contributed by atoms with E-state index in [0.29, 0.717) is 37.0 Å². The Hall–Kier alpha value is -1.76. The van der Waals surface area contributed by atoms with Crippen molar-refractivity contribution in [2.24, 2.45) is 0 Å². The van der Waals surface area contributed by atoms with Crippen LogP contribution >= 0.6 is 46.4 Å². The van der Waals surface area contributed by atoms with E-state index < -0.39 is 0 Å². The normalized spacial score (nSPS) is 10.5. The summed E-state index contributed by atoms with van der Waals surface area (Å²) in [5.74, 6) is 0. The topological polar surface area (TPSA) is 36.7 Å². The van der Waals surface area contributed by atoms with Crippen molar-refractivity contribution in [3.63, 3.8) is 0 Å². The Morgan fingerprint density at radius 2 is 1.40 bits per heavy atom. The molecule has 0 amide bonds. The lowest BCUT2D eigenvalue weighted by atomic mass is 10.0. The number of nitrogens with zero attached hydrogens (tertiary/aromatic N) is 2. The largest absolute Gasteiger partial charge is 0.247 e. The Morgan fingerprint density at radius 3 is 1.96 bits per heavy atom. The van der Waals surface area contributed by atoms with Gasteiger partial charge in [-0.05, 0) is 48.0 Å². The van der Waals surface area contributed by atoms with Gasteiger partial charge in [-0.25, -0.2) is 4.98 Å². The van der Waals surface area contributed by atoms with Gasteiger partial charge in [-0.1, -0.05) is 52.5 Å². The molecule has 0 radical (unpaired) electrons. The number of halogens is 4. The average molecular weight is 408 g/mol. The van der Waals surface area contributed by atoms with E-state index >= 15 is 0 Å². The molecule has 25 heavy (non-hydrogen) atoms. The van der Waals surface area contributed by atoms with Crippen molar-refractivity contribution in [1.29, 1.82) is 5.26 Å². The molecule has 6 heteroatoms. The van der Waals surface area contributed by atoms with E-state index in [1.165, 1.54) is 0 Å². The van der Waals surface area contributed by atoms with Gasteiger partial charge in [-0.2, -0.15) is 5.26 Å². The van der Waals surface area contributed by atoms with Crippen LogP contribution < -0.4 is 0 Å². The third-order valence-electron chi connectivity index (χ3n) is 3.64. The maximum atomic E-state index is 9.10. The van der Waals surface area contributed by atoms with Crippen LogP contribution in [-0.4, -0.2) is 4.98 Å². The van der Waals surface area contributed by atoms with Crippen LogP contribution in [0.4, 0.5) is 0 Å². The monoisotopic (exact) mass is 406 g/mol. The van der Waals surface area contributed by atoms with Crippen molar-refractivity contribution in [3.8, 4) is 28.6 Å². The van der Waals surface area contributed by atoms with Crippen LogP contribution in [0.25, 0.3) is 22.5 Å². The van der Waals surface area contributed by atoms with Gasteiger partial charge in [0, 0.05) is 21.2 Å². The lowest BCUT2D eigenvalue weighted by molar-refractivity contribution is 1.20. The number of pyridine rings is 1. The van der Waals surface area contributed by atoms with Crippen molar-refractivity contribution in [2.75, 3.05) is 0 Å². The van der Waals surface area contributed by atoms with E-state index in [1.54, 1.807) is 30.3 Å². The Bertz CT molecular complexity index is 993. The lowest BCUT2D eigenvalue weighted by Gasteiger charge is -2.12. The van der Waals surface area contributed by atoms with Crippen LogP contribution in [0.1, 0.15) is 5.56 Å². The Kier molecular flexibility index (Phi) is 5.51. The summed E-state index contributed by atoms with van der Waals surface area (Å²) in [5.41, 5.74) is 3.54. The number of rotatable bonds is 3. The maximum Gasteiger partial charge on any atom is 0.0766 e. The number of benzene rings is 2. The van der Waals surface area contributed by atoms with Gasteiger partial charge in [0.15, 0.2) is 0 Å². The minimum absolute atomic E-state index is 0.218. The summed E-state index contributed by atoms with van der Waals surface area (Å²) in [6.45, 7) is 0. The van der Waals surface area contributed by atoms with Gasteiger partial charge in [0.05, 0.1) is 33.9 Å². The SMILES string of the molecule is N#CCc1ccc(-c2ccc(Cl)cc2Cl)nc1-c1ccc(Cl)cc1Cl. The van der Waals surface area contributed by atoms with Gasteiger partial charge < -0.3 is 0 Å². The van der Waals surface area contributed by atoms with Gasteiger partial charge in [0.1, 0.15) is 0 Å². The highest BCUT2D eigenvalue weighted by molar-refractivity contribution is 6.37. The highest BCUT2D eigenvalue weighted by atomic mass is 35.5. The zero-order valence-corrected chi connectivity index (χ0v) is 15.8. The van der Waals surface area contributed by atoms with Crippen molar-refractivity contribution in [1.82, 2.24) is 4.98 Å². The molecule has 2 aromatic carbocycles. The second-order valence-electron chi connectivity index (χ2n) is 5.29. The molecular formula is C19H10Cl4N2. The number of aromatic nitrogens is 1. The number of hydrogen-bond acceptors (Lipinski definition) is 2. The van der Waals surface area contributed by atoms with Crippen LogP contribution in [0.15, 0.2) is 48.5 Å². The smallest absolute Gasteiger partial charge is 0.0766 e. The molecule has 0 unspecified atom stereocenters. The molecule has 2 nitrogen and oxygen atoms in total. The molecule has 3 rings (SSSR count). The first-order chi connectivity index (χ1) is 12.0. The second kappa shape index (κ2) is 7.64. The Morgan fingerprint density at radius 1 is 0.800 bits per heavy atom. The van der Waals surface area contributed by atoms with Gasteiger partial charge >= 0.3 is 0 Å². The molecule has 0 fully saturated rings. The predicted octanol–water partition coefficient (Wildman–Crippen LogP) is 7.10. The third kappa shape index (κ3) is 3.92. The maximum absolute atomic E-state index is 9.10. The number of nitriles is 1. The van der Waals surface area contributed by atoms with Crippen molar-refractivity contribution < 1.29 is 0 Å². The van der Waals surface area contributed by atoms with Gasteiger partial charge in [-0.3, -0.25) is 0 Å². The first-order valence-electron chi connectivity index (χ1n) is 7.27. The van der Waals surface area contributed by atoms with Crippen LogP contribution in [0.5, 0.6) is 0 Å². The highest BCUT2D eigenvalue weighted by Crippen LogP contribution is 2.35. The fourth-order valence-corrected chi connectivity index (χ4v) is 3.48. The van der Waals surface area contributed by atoms with Crippen LogP contribution in [0.2, 0.25) is 20.1 Å². The summed E-state index contributed by atoms with van der Waals surface area (Å²) in [5, 5.41) is 11.2. The Labute approximate surface area is 165 Å². The van der Waals surface area contributed by atoms with Crippen molar-refractivity contribution in [3.05, 3.63) is 74.2 Å². The summed E-state index contributed by atoms with van der Waals surface area (Å²) in [7, 11) is 0. The van der Waals surface area contributed by atoms with E-state index in [-0.39, 0.29) is 6.42 Å². The summed E-state index contributed by atoms with van der Waals surface area (Å²) in [6.07, 6.45) is 0.218. The van der Waals surface area contributed by atoms with Gasteiger partial charge in [0.25, 0.3) is 0 Å². The van der Waals surface area contributed by atoms with E-state index in [0.717, 1.165) is 11.1 Å². The molecule has 3 aromatic rings. The van der Waals surface area contributed by atoms with Crippen LogP contribution in [0.3, 0.4) is 0 Å². The molecular weight excluding hydrogens is 398 g/mol. The standard InChI is InChI=1S/C19H10Cl4N2/c20-12-2-4-14(16(22)9-12)18-6-1-11(7-8-24)19(25-18)15-5-3-13(21)10-17(15)23/h1-6,9-10H,7H2. The molecule has 0 saturated carbocycles. The highest BCUT2D eigenvalue weighted by Gasteiger charge is 2.14. The molecule has 0 atom stereocenters. The van der Waals surface area contributed by atoms with Crippen LogP contribution in [-0.2, 0) is 6.42 Å². The minimum atomic E-state index is 0.218. The van der Waals surface area contributed by atoms with Gasteiger partial charge in [0.2, 0.25) is 0 Å². The van der Waals surface area contributed by atoms with E-state index in [9.17, 15) is 0 Å². The summed E-state index contributed by atoms with van der Waals surface area (Å²) >= 11 is 24.6. The average Bonchev–Trinajstić information content (AvgIpc) is 2.56. The molecule has 0 bridgehead atoms. The fourth-order valence-electron chi connectivity index (χ4n) is 2.48. The third-order valence-corrected chi connectivity index (χ3v) is 4.74. The zero-order chi connectivity index (χ0) is 18.0. The summed E-state index contributed by atoms with van der Waals surface area (Å²) in [6, 6.07) is 16.2. The molecule has 1 heterocycles. The lowest BCUT2D eigenvalue weighted by Crippen LogP contribution is -1.96. The quantitative estimate of drug-likeness (QED) is 0.464. The predicted molar refractivity (Wildman–Crippen MR) is 104 cm³/mol. The molecule has 1 aromatic heterocycles. The van der Waals surface area contributed by atoms with E-state index in [2.05, 4.69) is 6.07 Å². The molecule has 0 spiro atoms. The van der Waals surface area contributed by atoms with Crippen LogP contribution in [0, 0.1) is 11.3 Å². The summed E-state index contributed by atoms with van der Waals surface area (Å²) < 4.78 is 0. The van der Waals surface area contributed by atoms with E-state index in [4.69, 9.17) is 56.6 Å². The first kappa shape index (κ1) is 18.0. The minimum Gasteiger partial charge on any atom is -0.247 e.